The first-order valence-electron chi connectivity index (χ1n) is 9.35. The van der Waals surface area contributed by atoms with Gasteiger partial charge in [0, 0.05) is 17.3 Å². The maximum absolute atomic E-state index is 13.2. The minimum atomic E-state index is -0.326. The van der Waals surface area contributed by atoms with E-state index < -0.39 is 0 Å². The van der Waals surface area contributed by atoms with Crippen LogP contribution in [0.5, 0.6) is 17.4 Å². The summed E-state index contributed by atoms with van der Waals surface area (Å²) in [6, 6.07) is 13.0. The van der Waals surface area contributed by atoms with Crippen molar-refractivity contribution >= 4 is 0 Å². The molecular weight excluding hydrogens is 403 g/mol. The summed E-state index contributed by atoms with van der Waals surface area (Å²) in [5.74, 6) is 2.13. The minimum Gasteiger partial charge on any atom is -0.493 e. The first kappa shape index (κ1) is 20.3. The van der Waals surface area contributed by atoms with Crippen LogP contribution in [0.4, 0.5) is 4.39 Å². The molecule has 9 heteroatoms. The molecule has 2 aromatic carbocycles. The van der Waals surface area contributed by atoms with E-state index in [0.717, 1.165) is 0 Å². The van der Waals surface area contributed by atoms with E-state index in [0.29, 0.717) is 45.8 Å². The van der Waals surface area contributed by atoms with Crippen LogP contribution in [0.1, 0.15) is 11.6 Å². The quantitative estimate of drug-likeness (QED) is 0.437. The number of hydrogen-bond acceptors (Lipinski definition) is 8. The lowest BCUT2D eigenvalue weighted by Crippen LogP contribution is -2.01. The topological polar surface area (TPSA) is 92.4 Å². The molecule has 4 rings (SSSR count). The third-order valence-electron chi connectivity index (χ3n) is 4.39. The van der Waals surface area contributed by atoms with Crippen molar-refractivity contribution < 1.29 is 23.1 Å². The van der Waals surface area contributed by atoms with E-state index in [1.165, 1.54) is 12.1 Å². The average Bonchev–Trinajstić information content (AvgIpc) is 3.26. The Morgan fingerprint density at radius 3 is 2.48 bits per heavy atom. The summed E-state index contributed by atoms with van der Waals surface area (Å²) in [4.78, 5) is 13.1. The van der Waals surface area contributed by atoms with E-state index >= 15 is 0 Å². The number of para-hydroxylation sites is 1. The van der Waals surface area contributed by atoms with E-state index in [4.69, 9.17) is 18.7 Å². The van der Waals surface area contributed by atoms with Crippen molar-refractivity contribution in [2.45, 2.75) is 13.5 Å². The lowest BCUT2D eigenvalue weighted by Gasteiger charge is -2.09. The summed E-state index contributed by atoms with van der Waals surface area (Å²) in [7, 11) is 3.10. The van der Waals surface area contributed by atoms with Crippen LogP contribution in [0.2, 0.25) is 0 Å². The van der Waals surface area contributed by atoms with E-state index in [2.05, 4.69) is 20.1 Å². The summed E-state index contributed by atoms with van der Waals surface area (Å²) in [5, 5.41) is 4.00. The highest BCUT2D eigenvalue weighted by Gasteiger charge is 2.17. The number of halogens is 1. The first-order chi connectivity index (χ1) is 15.1. The van der Waals surface area contributed by atoms with E-state index in [1.54, 1.807) is 44.6 Å². The number of hydrogen-bond donors (Lipinski definition) is 0. The zero-order valence-corrected chi connectivity index (χ0v) is 17.1. The van der Waals surface area contributed by atoms with Gasteiger partial charge in [-0.15, -0.1) is 0 Å². The van der Waals surface area contributed by atoms with Crippen molar-refractivity contribution in [2.75, 3.05) is 14.2 Å². The normalized spacial score (nSPS) is 10.7. The van der Waals surface area contributed by atoms with Crippen LogP contribution in [0.15, 0.2) is 53.1 Å². The highest BCUT2D eigenvalue weighted by atomic mass is 19.1. The predicted octanol–water partition coefficient (Wildman–Crippen LogP) is 4.24. The number of ether oxygens (including phenoxy) is 3. The summed E-state index contributed by atoms with van der Waals surface area (Å²) in [5.41, 5.74) is 2.02. The Morgan fingerprint density at radius 2 is 1.74 bits per heavy atom. The summed E-state index contributed by atoms with van der Waals surface area (Å²) >= 11 is 0. The molecule has 0 amide bonds. The van der Waals surface area contributed by atoms with Crippen molar-refractivity contribution in [3.8, 4) is 40.2 Å². The molecule has 0 saturated carbocycles. The van der Waals surface area contributed by atoms with Crippen LogP contribution < -0.4 is 14.2 Å². The molecule has 0 bridgehead atoms. The van der Waals surface area contributed by atoms with Gasteiger partial charge in [-0.25, -0.2) is 9.37 Å². The maximum atomic E-state index is 13.2. The van der Waals surface area contributed by atoms with Crippen molar-refractivity contribution in [1.29, 1.82) is 0 Å². The molecule has 0 atom stereocenters. The summed E-state index contributed by atoms with van der Waals surface area (Å²) in [6.07, 6.45) is 0. The van der Waals surface area contributed by atoms with Crippen molar-refractivity contribution in [2.24, 2.45) is 0 Å². The van der Waals surface area contributed by atoms with Crippen LogP contribution in [-0.4, -0.2) is 34.3 Å². The van der Waals surface area contributed by atoms with Crippen molar-refractivity contribution in [3.05, 3.63) is 65.9 Å². The second-order valence-corrected chi connectivity index (χ2v) is 6.52. The second kappa shape index (κ2) is 8.78. The van der Waals surface area contributed by atoms with Crippen LogP contribution in [-0.2, 0) is 6.61 Å². The molecule has 0 unspecified atom stereocenters. The Kier molecular flexibility index (Phi) is 5.74. The Hall–Kier alpha value is -4.01. The number of nitrogens with zero attached hydrogens (tertiary/aromatic N) is 4. The molecule has 0 fully saturated rings. The van der Waals surface area contributed by atoms with Gasteiger partial charge in [-0.3, -0.25) is 0 Å². The van der Waals surface area contributed by atoms with Crippen LogP contribution in [0, 0.1) is 12.7 Å². The van der Waals surface area contributed by atoms with E-state index in [9.17, 15) is 4.39 Å². The highest BCUT2D eigenvalue weighted by molar-refractivity contribution is 5.68. The maximum Gasteiger partial charge on any atom is 0.264 e. The molecule has 0 radical (unpaired) electrons. The van der Waals surface area contributed by atoms with Gasteiger partial charge in [0.05, 0.1) is 19.8 Å². The Labute approximate surface area is 177 Å². The lowest BCUT2D eigenvalue weighted by molar-refractivity contribution is 0.235. The fourth-order valence-electron chi connectivity index (χ4n) is 2.96. The van der Waals surface area contributed by atoms with Crippen LogP contribution >= 0.6 is 0 Å². The monoisotopic (exact) mass is 422 g/mol. The van der Waals surface area contributed by atoms with Gasteiger partial charge >= 0.3 is 0 Å². The van der Waals surface area contributed by atoms with Gasteiger partial charge in [0.1, 0.15) is 5.82 Å². The number of aromatic nitrogens is 4. The molecule has 0 aliphatic rings. The SMILES string of the molecule is COc1cccc(-c2noc(COc3cc(C)nc(-c4ccc(F)cc4)n3)n2)c1OC. The van der Waals surface area contributed by atoms with Gasteiger partial charge < -0.3 is 18.7 Å². The summed E-state index contributed by atoms with van der Waals surface area (Å²) < 4.78 is 34.9. The molecule has 0 spiro atoms. The van der Waals surface area contributed by atoms with Gasteiger partial charge in [-0.05, 0) is 43.3 Å². The second-order valence-electron chi connectivity index (χ2n) is 6.52. The van der Waals surface area contributed by atoms with Gasteiger partial charge in [0.15, 0.2) is 23.9 Å². The van der Waals surface area contributed by atoms with Crippen LogP contribution in [0.3, 0.4) is 0 Å². The van der Waals surface area contributed by atoms with Gasteiger partial charge in [-0.1, -0.05) is 11.2 Å². The molecule has 0 saturated heterocycles. The Balaban J connectivity index is 1.53. The third kappa shape index (κ3) is 4.45. The van der Waals surface area contributed by atoms with Gasteiger partial charge in [0.25, 0.3) is 5.89 Å². The zero-order valence-electron chi connectivity index (χ0n) is 17.1. The Bertz CT molecular complexity index is 1190. The molecule has 2 heterocycles. The van der Waals surface area contributed by atoms with Gasteiger partial charge in [0.2, 0.25) is 11.7 Å². The van der Waals surface area contributed by atoms with Crippen LogP contribution in [0.25, 0.3) is 22.8 Å². The molecule has 4 aromatic rings. The molecule has 8 nitrogen and oxygen atoms in total. The average molecular weight is 422 g/mol. The number of rotatable bonds is 7. The number of aryl methyl sites for hydroxylation is 1. The number of benzene rings is 2. The largest absolute Gasteiger partial charge is 0.493 e. The van der Waals surface area contributed by atoms with Crippen molar-refractivity contribution in [1.82, 2.24) is 20.1 Å². The fraction of sp³-hybridized carbons (Fsp3) is 0.182. The first-order valence-corrected chi connectivity index (χ1v) is 9.35. The lowest BCUT2D eigenvalue weighted by atomic mass is 10.1. The number of methoxy groups -OCH3 is 2. The van der Waals surface area contributed by atoms with E-state index in [1.807, 2.05) is 13.0 Å². The standard InChI is InChI=1S/C22H19FN4O4/c1-13-11-18(25-21(24-13)14-7-9-15(23)10-8-14)30-12-19-26-22(27-31-19)16-5-4-6-17(28-2)20(16)29-3/h4-11H,12H2,1-3H3. The summed E-state index contributed by atoms with van der Waals surface area (Å²) in [6.45, 7) is 1.83. The Morgan fingerprint density at radius 1 is 0.935 bits per heavy atom. The van der Waals surface area contributed by atoms with Crippen molar-refractivity contribution in [3.63, 3.8) is 0 Å². The van der Waals surface area contributed by atoms with E-state index in [-0.39, 0.29) is 18.3 Å². The third-order valence-corrected chi connectivity index (χ3v) is 4.39. The smallest absolute Gasteiger partial charge is 0.264 e. The molecule has 158 valence electrons. The molecular formula is C22H19FN4O4. The molecule has 0 aliphatic heterocycles. The fourth-order valence-corrected chi connectivity index (χ4v) is 2.96. The predicted molar refractivity (Wildman–Crippen MR) is 109 cm³/mol. The molecule has 2 aromatic heterocycles. The zero-order chi connectivity index (χ0) is 21.8. The molecule has 0 aliphatic carbocycles. The highest BCUT2D eigenvalue weighted by Crippen LogP contribution is 2.36. The minimum absolute atomic E-state index is 0.0125. The molecule has 31 heavy (non-hydrogen) atoms. The van der Waals surface area contributed by atoms with Gasteiger partial charge in [-0.2, -0.15) is 9.97 Å². The molecule has 0 N–H and O–H groups in total.